The summed E-state index contributed by atoms with van der Waals surface area (Å²) >= 11 is 4.47. The van der Waals surface area contributed by atoms with E-state index < -0.39 is 9.84 Å². The fraction of sp³-hybridized carbons (Fsp3) is 0.118. The van der Waals surface area contributed by atoms with Crippen molar-refractivity contribution in [3.05, 3.63) is 59.1 Å². The van der Waals surface area contributed by atoms with E-state index >= 15 is 0 Å². The lowest BCUT2D eigenvalue weighted by Crippen LogP contribution is -1.95. The van der Waals surface area contributed by atoms with Gasteiger partial charge in [-0.05, 0) is 35.5 Å². The number of aromatic nitrogens is 3. The van der Waals surface area contributed by atoms with Crippen molar-refractivity contribution in [1.82, 2.24) is 15.2 Å². The predicted octanol–water partition coefficient (Wildman–Crippen LogP) is 4.29. The van der Waals surface area contributed by atoms with Crippen molar-refractivity contribution in [3.63, 3.8) is 0 Å². The van der Waals surface area contributed by atoms with Crippen molar-refractivity contribution < 1.29 is 8.42 Å². The molecule has 4 aromatic rings. The number of rotatable bonds is 5. The van der Waals surface area contributed by atoms with Gasteiger partial charge in [-0.3, -0.25) is 0 Å². The summed E-state index contributed by atoms with van der Waals surface area (Å²) in [6.45, 7) is 0. The fourth-order valence-corrected chi connectivity index (χ4v) is 6.31. The van der Waals surface area contributed by atoms with Gasteiger partial charge in [0.25, 0.3) is 0 Å². The maximum atomic E-state index is 11.7. The largest absolute Gasteiger partial charge is 0.229 e. The molecular formula is C17H13N3O2S4. The number of fused-ring (bicyclic) bond motifs is 1. The molecule has 0 spiro atoms. The van der Waals surface area contributed by atoms with E-state index in [2.05, 4.69) is 27.3 Å². The normalized spacial score (nSPS) is 11.9. The van der Waals surface area contributed by atoms with Gasteiger partial charge in [-0.2, -0.15) is 0 Å². The molecule has 0 bridgehead atoms. The molecule has 2 heterocycles. The molecule has 0 N–H and O–H groups in total. The Morgan fingerprint density at radius 2 is 1.81 bits per heavy atom. The smallest absolute Gasteiger partial charge is 0.181 e. The molecule has 0 amide bonds. The summed E-state index contributed by atoms with van der Waals surface area (Å²) in [4.78, 5) is 4.86. The zero-order valence-corrected chi connectivity index (χ0v) is 16.9. The molecule has 4 rings (SSSR count). The number of hydrogen-bond acceptors (Lipinski definition) is 8. The van der Waals surface area contributed by atoms with Gasteiger partial charge >= 0.3 is 0 Å². The summed E-state index contributed by atoms with van der Waals surface area (Å²) in [6.07, 6.45) is 1.97. The van der Waals surface area contributed by atoms with Crippen molar-refractivity contribution in [2.75, 3.05) is 6.26 Å². The third-order valence-corrected chi connectivity index (χ3v) is 7.75. The van der Waals surface area contributed by atoms with E-state index in [0.29, 0.717) is 4.90 Å². The van der Waals surface area contributed by atoms with Crippen LogP contribution in [0, 0.1) is 0 Å². The van der Waals surface area contributed by atoms with Crippen LogP contribution in [0.2, 0.25) is 0 Å². The third kappa shape index (κ3) is 3.96. The van der Waals surface area contributed by atoms with Gasteiger partial charge in [0.05, 0.1) is 15.1 Å². The third-order valence-electron chi connectivity index (χ3n) is 3.59. The second kappa shape index (κ2) is 7.07. The number of thiazole rings is 1. The summed E-state index contributed by atoms with van der Waals surface area (Å²) in [5.74, 6) is 0. The van der Waals surface area contributed by atoms with Crippen LogP contribution in [0.4, 0.5) is 0 Å². The monoisotopic (exact) mass is 419 g/mol. The summed E-state index contributed by atoms with van der Waals surface area (Å²) in [6, 6.07) is 15.2. The highest BCUT2D eigenvalue weighted by Gasteiger charge is 2.13. The Kier molecular flexibility index (Phi) is 4.78. The van der Waals surface area contributed by atoms with Gasteiger partial charge in [-0.25, -0.2) is 13.4 Å². The minimum Gasteiger partial charge on any atom is -0.229 e. The molecule has 5 nitrogen and oxygen atoms in total. The molecule has 0 unspecified atom stereocenters. The average Bonchev–Trinajstić information content (AvgIpc) is 3.20. The number of benzene rings is 2. The summed E-state index contributed by atoms with van der Waals surface area (Å²) in [5.41, 5.74) is 1.99. The van der Waals surface area contributed by atoms with Gasteiger partial charge in [0.2, 0.25) is 0 Å². The Balaban J connectivity index is 1.54. The molecule has 2 aromatic heterocycles. The van der Waals surface area contributed by atoms with E-state index in [4.69, 9.17) is 0 Å². The van der Waals surface area contributed by atoms with E-state index in [9.17, 15) is 8.42 Å². The van der Waals surface area contributed by atoms with Crippen molar-refractivity contribution >= 4 is 54.5 Å². The first-order valence-electron chi connectivity index (χ1n) is 7.62. The van der Waals surface area contributed by atoms with Crippen LogP contribution >= 0.6 is 34.4 Å². The molecule has 0 saturated carbocycles. The molecule has 26 heavy (non-hydrogen) atoms. The Hall–Kier alpha value is -1.81. The molecule has 132 valence electrons. The minimum absolute atomic E-state index is 0.311. The Labute approximate surface area is 163 Å². The molecule has 0 aliphatic rings. The van der Waals surface area contributed by atoms with Crippen molar-refractivity contribution in [2.45, 2.75) is 20.0 Å². The Bertz CT molecular complexity index is 1170. The van der Waals surface area contributed by atoms with Gasteiger partial charge in [0.1, 0.15) is 5.01 Å². The van der Waals surface area contributed by atoms with Crippen molar-refractivity contribution in [2.24, 2.45) is 0 Å². The van der Waals surface area contributed by atoms with E-state index in [1.54, 1.807) is 29.5 Å². The lowest BCUT2D eigenvalue weighted by molar-refractivity contribution is 0.602. The first-order chi connectivity index (χ1) is 12.5. The second-order valence-corrected chi connectivity index (χ2v) is 11.2. The Morgan fingerprint density at radius 1 is 1.00 bits per heavy atom. The lowest BCUT2D eigenvalue weighted by atomic mass is 10.2. The quantitative estimate of drug-likeness (QED) is 0.480. The highest BCUT2D eigenvalue weighted by Crippen LogP contribution is 2.36. The summed E-state index contributed by atoms with van der Waals surface area (Å²) < 4.78 is 25.9. The first-order valence-corrected chi connectivity index (χ1v) is 12.0. The van der Waals surface area contributed by atoms with Crippen LogP contribution in [-0.4, -0.2) is 29.9 Å². The first kappa shape index (κ1) is 17.6. The molecule has 9 heteroatoms. The maximum absolute atomic E-state index is 11.7. The van der Waals surface area contributed by atoms with Crippen LogP contribution in [-0.2, 0) is 16.3 Å². The molecule has 0 saturated heterocycles. The zero-order valence-electron chi connectivity index (χ0n) is 13.6. The highest BCUT2D eigenvalue weighted by molar-refractivity contribution is 8.02. The van der Waals surface area contributed by atoms with Gasteiger partial charge in [-0.1, -0.05) is 41.7 Å². The van der Waals surface area contributed by atoms with Gasteiger partial charge in [0, 0.05) is 12.7 Å². The van der Waals surface area contributed by atoms with Gasteiger partial charge < -0.3 is 0 Å². The number of sulfone groups is 1. The number of nitrogens with zero attached hydrogens (tertiary/aromatic N) is 3. The summed E-state index contributed by atoms with van der Waals surface area (Å²) in [5, 5.41) is 9.45. The van der Waals surface area contributed by atoms with Gasteiger partial charge in [-0.15, -0.1) is 21.5 Å². The SMILES string of the molecule is CS(=O)(=O)c1ccc2nc(Sc3nnc(Cc4ccccc4)s3)sc2c1. The molecule has 2 aromatic carbocycles. The van der Waals surface area contributed by atoms with Crippen LogP contribution in [0.5, 0.6) is 0 Å². The second-order valence-electron chi connectivity index (χ2n) is 5.61. The Morgan fingerprint density at radius 3 is 2.58 bits per heavy atom. The van der Waals surface area contributed by atoms with E-state index in [1.165, 1.54) is 34.9 Å². The van der Waals surface area contributed by atoms with Crippen molar-refractivity contribution in [3.8, 4) is 0 Å². The molecule has 0 aliphatic heterocycles. The molecule has 0 radical (unpaired) electrons. The van der Waals surface area contributed by atoms with Crippen LogP contribution < -0.4 is 0 Å². The average molecular weight is 420 g/mol. The van der Waals surface area contributed by atoms with Crippen molar-refractivity contribution in [1.29, 1.82) is 0 Å². The maximum Gasteiger partial charge on any atom is 0.181 e. The van der Waals surface area contributed by atoms with Crippen LogP contribution in [0.25, 0.3) is 10.2 Å². The highest BCUT2D eigenvalue weighted by atomic mass is 32.2. The summed E-state index contributed by atoms with van der Waals surface area (Å²) in [7, 11) is -3.22. The van der Waals surface area contributed by atoms with E-state index in [1.807, 2.05) is 18.2 Å². The van der Waals surface area contributed by atoms with E-state index in [-0.39, 0.29) is 0 Å². The molecule has 0 aliphatic carbocycles. The van der Waals surface area contributed by atoms with Crippen LogP contribution in [0.1, 0.15) is 10.6 Å². The number of hydrogen-bond donors (Lipinski definition) is 0. The fourth-order valence-electron chi connectivity index (χ4n) is 2.35. The van der Waals surface area contributed by atoms with Gasteiger partial charge in [0.15, 0.2) is 18.5 Å². The lowest BCUT2D eigenvalue weighted by Gasteiger charge is -1.96. The zero-order chi connectivity index (χ0) is 18.1. The molecular weight excluding hydrogens is 406 g/mol. The minimum atomic E-state index is -3.22. The standard InChI is InChI=1S/C17H13N3O2S4/c1-26(21,22)12-7-8-13-14(10-12)23-16(18-13)25-17-20-19-15(24-17)9-11-5-3-2-4-6-11/h2-8,10H,9H2,1H3. The molecule has 0 atom stereocenters. The van der Waals surface area contributed by atoms with E-state index in [0.717, 1.165) is 30.3 Å². The topological polar surface area (TPSA) is 72.8 Å². The van der Waals surface area contributed by atoms with Crippen LogP contribution in [0.3, 0.4) is 0 Å². The predicted molar refractivity (Wildman–Crippen MR) is 106 cm³/mol. The van der Waals surface area contributed by atoms with Crippen LogP contribution in [0.15, 0.2) is 62.1 Å². The molecule has 0 fully saturated rings.